The average molecular weight is 409 g/mol. The lowest BCUT2D eigenvalue weighted by atomic mass is 9.67. The van der Waals surface area contributed by atoms with Crippen LogP contribution in [0.4, 0.5) is 0 Å². The van der Waals surface area contributed by atoms with Gasteiger partial charge in [-0.15, -0.1) is 24.8 Å². The van der Waals surface area contributed by atoms with Crippen LogP contribution in [0.15, 0.2) is 0 Å². The van der Waals surface area contributed by atoms with Gasteiger partial charge in [-0.3, -0.25) is 14.5 Å². The first kappa shape index (κ1) is 23.5. The third-order valence-electron chi connectivity index (χ3n) is 6.26. The summed E-state index contributed by atoms with van der Waals surface area (Å²) in [4.78, 5) is 31.0. The predicted octanol–water partition coefficient (Wildman–Crippen LogP) is 1.23. The zero-order valence-electron chi connectivity index (χ0n) is 16.0. The van der Waals surface area contributed by atoms with Crippen LogP contribution in [0.1, 0.15) is 32.1 Å². The number of carbonyl (C=O) groups is 2. The lowest BCUT2D eigenvalue weighted by Crippen LogP contribution is -2.56. The number of hydrogen-bond donors (Lipinski definition) is 1. The molecule has 0 spiro atoms. The topological polar surface area (TPSA) is 55.9 Å². The molecule has 6 nitrogen and oxygen atoms in total. The summed E-state index contributed by atoms with van der Waals surface area (Å²) in [6.45, 7) is 6.08. The van der Waals surface area contributed by atoms with Gasteiger partial charge in [0, 0.05) is 59.8 Å². The fraction of sp³-hybridized carbons (Fsp3) is 0.889. The third kappa shape index (κ3) is 4.83. The molecule has 3 aliphatic rings. The molecule has 2 heterocycles. The molecule has 0 radical (unpaired) electrons. The SMILES string of the molecule is CN(C)C(=O)CCN1CCN(C(=O)[C@@]23CCCC[C@H]2CNC3)CC1.Cl.Cl. The lowest BCUT2D eigenvalue weighted by molar-refractivity contribution is -0.147. The largest absolute Gasteiger partial charge is 0.349 e. The van der Waals surface area contributed by atoms with Crippen molar-refractivity contribution in [1.29, 1.82) is 0 Å². The number of halogens is 2. The summed E-state index contributed by atoms with van der Waals surface area (Å²) in [5.74, 6) is 1.10. The molecule has 26 heavy (non-hydrogen) atoms. The minimum atomic E-state index is -0.124. The highest BCUT2D eigenvalue weighted by Gasteiger charge is 2.51. The highest BCUT2D eigenvalue weighted by atomic mass is 35.5. The number of piperazine rings is 1. The Balaban J connectivity index is 0.00000169. The standard InChI is InChI=1S/C18H32N4O2.2ClH/c1-20(2)16(23)6-8-21-9-11-22(12-10-21)17(24)18-7-4-3-5-15(18)13-19-14-18;;/h15,19H,3-14H2,1-2H3;2*1H/t15-,18+;;/m0../s1. The zero-order valence-corrected chi connectivity index (χ0v) is 17.7. The fourth-order valence-electron chi connectivity index (χ4n) is 4.64. The van der Waals surface area contributed by atoms with Crippen LogP contribution in [0.3, 0.4) is 0 Å². The molecule has 2 atom stereocenters. The quantitative estimate of drug-likeness (QED) is 0.759. The van der Waals surface area contributed by atoms with Crippen LogP contribution >= 0.6 is 24.8 Å². The molecule has 1 aliphatic carbocycles. The molecule has 0 unspecified atom stereocenters. The Kier molecular flexibility index (Phi) is 9.13. The maximum absolute atomic E-state index is 13.2. The number of nitrogens with zero attached hydrogens (tertiary/aromatic N) is 3. The van der Waals surface area contributed by atoms with Crippen molar-refractivity contribution in [2.24, 2.45) is 11.3 Å². The Morgan fingerprint density at radius 3 is 2.46 bits per heavy atom. The summed E-state index contributed by atoms with van der Waals surface area (Å²) in [7, 11) is 3.60. The Morgan fingerprint density at radius 1 is 1.12 bits per heavy atom. The molecule has 152 valence electrons. The number of amides is 2. The molecule has 2 saturated heterocycles. The molecule has 0 aromatic heterocycles. The average Bonchev–Trinajstić information content (AvgIpc) is 3.04. The van der Waals surface area contributed by atoms with Crippen LogP contribution in [0.2, 0.25) is 0 Å². The molecular formula is C18H34Cl2N4O2. The maximum atomic E-state index is 13.2. The Labute approximate surface area is 169 Å². The normalized spacial score (nSPS) is 28.5. The van der Waals surface area contributed by atoms with Crippen LogP contribution in [0.25, 0.3) is 0 Å². The first-order chi connectivity index (χ1) is 11.5. The third-order valence-corrected chi connectivity index (χ3v) is 6.26. The van der Waals surface area contributed by atoms with Gasteiger partial charge in [-0.05, 0) is 25.3 Å². The van der Waals surface area contributed by atoms with Crippen molar-refractivity contribution < 1.29 is 9.59 Å². The van der Waals surface area contributed by atoms with E-state index in [9.17, 15) is 9.59 Å². The van der Waals surface area contributed by atoms with E-state index in [0.717, 1.165) is 52.2 Å². The van der Waals surface area contributed by atoms with Gasteiger partial charge in [-0.2, -0.15) is 0 Å². The highest BCUT2D eigenvalue weighted by Crippen LogP contribution is 2.45. The van der Waals surface area contributed by atoms with E-state index in [-0.39, 0.29) is 36.1 Å². The molecule has 0 bridgehead atoms. The monoisotopic (exact) mass is 408 g/mol. The second-order valence-electron chi connectivity index (χ2n) is 7.90. The van der Waals surface area contributed by atoms with Crippen molar-refractivity contribution in [1.82, 2.24) is 20.0 Å². The molecule has 0 aromatic carbocycles. The highest BCUT2D eigenvalue weighted by molar-refractivity contribution is 5.85. The first-order valence-electron chi connectivity index (χ1n) is 9.45. The summed E-state index contributed by atoms with van der Waals surface area (Å²) >= 11 is 0. The van der Waals surface area contributed by atoms with E-state index < -0.39 is 0 Å². The number of nitrogens with one attached hydrogen (secondary N) is 1. The van der Waals surface area contributed by atoms with Gasteiger partial charge >= 0.3 is 0 Å². The summed E-state index contributed by atoms with van der Waals surface area (Å²) in [6.07, 6.45) is 5.29. The van der Waals surface area contributed by atoms with Crippen molar-refractivity contribution in [3.63, 3.8) is 0 Å². The molecule has 3 rings (SSSR count). The summed E-state index contributed by atoms with van der Waals surface area (Å²) < 4.78 is 0. The van der Waals surface area contributed by atoms with Crippen LogP contribution in [-0.4, -0.2) is 86.4 Å². The van der Waals surface area contributed by atoms with Gasteiger partial charge in [-0.25, -0.2) is 0 Å². The molecule has 2 amide bonds. The Bertz CT molecular complexity index is 484. The second kappa shape index (κ2) is 10.1. The van der Waals surface area contributed by atoms with Crippen LogP contribution in [0, 0.1) is 11.3 Å². The van der Waals surface area contributed by atoms with Crippen molar-refractivity contribution >= 4 is 36.6 Å². The van der Waals surface area contributed by atoms with Gasteiger partial charge in [0.1, 0.15) is 0 Å². The Hall–Kier alpha value is -0.560. The Morgan fingerprint density at radius 2 is 1.81 bits per heavy atom. The van der Waals surface area contributed by atoms with E-state index in [1.807, 2.05) is 0 Å². The van der Waals surface area contributed by atoms with Gasteiger partial charge in [0.25, 0.3) is 0 Å². The molecule has 8 heteroatoms. The summed E-state index contributed by atoms with van der Waals surface area (Å²) in [5.41, 5.74) is -0.124. The van der Waals surface area contributed by atoms with E-state index >= 15 is 0 Å². The van der Waals surface area contributed by atoms with E-state index in [2.05, 4.69) is 15.1 Å². The van der Waals surface area contributed by atoms with Crippen molar-refractivity contribution in [2.75, 3.05) is 59.9 Å². The fourth-order valence-corrected chi connectivity index (χ4v) is 4.64. The molecule has 0 aromatic rings. The van der Waals surface area contributed by atoms with E-state index in [4.69, 9.17) is 0 Å². The van der Waals surface area contributed by atoms with Crippen LogP contribution in [0.5, 0.6) is 0 Å². The van der Waals surface area contributed by atoms with Crippen molar-refractivity contribution in [2.45, 2.75) is 32.1 Å². The molecular weight excluding hydrogens is 375 g/mol. The van der Waals surface area contributed by atoms with Gasteiger partial charge in [-0.1, -0.05) is 12.8 Å². The summed E-state index contributed by atoms with van der Waals surface area (Å²) in [6, 6.07) is 0. The number of rotatable bonds is 4. The molecule has 1 saturated carbocycles. The van der Waals surface area contributed by atoms with Crippen molar-refractivity contribution in [3.05, 3.63) is 0 Å². The molecule has 1 N–H and O–H groups in total. The van der Waals surface area contributed by atoms with Crippen LogP contribution in [-0.2, 0) is 9.59 Å². The molecule has 2 aliphatic heterocycles. The van der Waals surface area contributed by atoms with Gasteiger partial charge in [0.15, 0.2) is 0 Å². The van der Waals surface area contributed by atoms with Crippen LogP contribution < -0.4 is 5.32 Å². The summed E-state index contributed by atoms with van der Waals surface area (Å²) in [5, 5.41) is 3.48. The van der Waals surface area contributed by atoms with E-state index in [1.54, 1.807) is 19.0 Å². The van der Waals surface area contributed by atoms with Gasteiger partial charge in [0.2, 0.25) is 11.8 Å². The van der Waals surface area contributed by atoms with Crippen molar-refractivity contribution in [3.8, 4) is 0 Å². The number of carbonyl (C=O) groups excluding carboxylic acids is 2. The first-order valence-corrected chi connectivity index (χ1v) is 9.45. The van der Waals surface area contributed by atoms with Gasteiger partial charge in [0.05, 0.1) is 5.41 Å². The van der Waals surface area contributed by atoms with E-state index in [1.165, 1.54) is 19.3 Å². The minimum Gasteiger partial charge on any atom is -0.349 e. The smallest absolute Gasteiger partial charge is 0.230 e. The predicted molar refractivity (Wildman–Crippen MR) is 108 cm³/mol. The minimum absolute atomic E-state index is 0. The van der Waals surface area contributed by atoms with Gasteiger partial charge < -0.3 is 15.1 Å². The maximum Gasteiger partial charge on any atom is 0.230 e. The molecule has 3 fully saturated rings. The second-order valence-corrected chi connectivity index (χ2v) is 7.90. The van der Waals surface area contributed by atoms with E-state index in [0.29, 0.717) is 18.2 Å². The zero-order chi connectivity index (χ0) is 17.2. The lowest BCUT2D eigenvalue weighted by Gasteiger charge is -2.43. The number of hydrogen-bond acceptors (Lipinski definition) is 4. The number of fused-ring (bicyclic) bond motifs is 1.